The van der Waals surface area contributed by atoms with Gasteiger partial charge in [-0.25, -0.2) is 4.98 Å². The highest BCUT2D eigenvalue weighted by Crippen LogP contribution is 2.33. The lowest BCUT2D eigenvalue weighted by Gasteiger charge is -2.12. The van der Waals surface area contributed by atoms with E-state index < -0.39 is 0 Å². The lowest BCUT2D eigenvalue weighted by molar-refractivity contribution is 0.0977. The van der Waals surface area contributed by atoms with Crippen LogP contribution in [0.15, 0.2) is 65.1 Å². The molecule has 0 fully saturated rings. The van der Waals surface area contributed by atoms with E-state index in [1.165, 1.54) is 6.07 Å². The molecule has 0 bridgehead atoms. The number of hydrogen-bond acceptors (Lipinski definition) is 6. The van der Waals surface area contributed by atoms with Gasteiger partial charge < -0.3 is 19.6 Å². The summed E-state index contributed by atoms with van der Waals surface area (Å²) >= 11 is 5.24. The number of carbonyl (C=O) groups is 1. The summed E-state index contributed by atoms with van der Waals surface area (Å²) in [6.45, 7) is 5.84. The largest absolute Gasteiger partial charge is 0.507 e. The van der Waals surface area contributed by atoms with Crippen LogP contribution in [0.2, 0.25) is 0 Å². The molecular weight excluding hydrogens is 438 g/mol. The molecule has 3 aromatic carbocycles. The van der Waals surface area contributed by atoms with Gasteiger partial charge in [0, 0.05) is 17.3 Å². The van der Waals surface area contributed by atoms with Gasteiger partial charge in [-0.1, -0.05) is 6.07 Å². The summed E-state index contributed by atoms with van der Waals surface area (Å²) in [5, 5.41) is 16.1. The molecule has 4 aromatic rings. The number of oxazole rings is 1. The Morgan fingerprint density at radius 2 is 1.85 bits per heavy atom. The Balaban J connectivity index is 1.42. The summed E-state index contributed by atoms with van der Waals surface area (Å²) in [4.78, 5) is 16.9. The van der Waals surface area contributed by atoms with Crippen LogP contribution in [0.25, 0.3) is 22.6 Å². The maximum Gasteiger partial charge on any atom is 0.257 e. The first kappa shape index (κ1) is 22.3. The third kappa shape index (κ3) is 5.30. The second-order valence-electron chi connectivity index (χ2n) is 7.82. The summed E-state index contributed by atoms with van der Waals surface area (Å²) in [6, 6.07) is 17.4. The third-order valence-electron chi connectivity index (χ3n) is 4.75. The standard InChI is InChI=1S/C25H23N3O4S/c1-14(2)31-18-8-5-16(6-9-18)23(30)28-25(33)26-17-7-10-19(21(29)13-17)24-27-20-11-4-15(3)12-22(20)32-24/h4-14,29H,1-3H3,(H2,26,28,30,33). The lowest BCUT2D eigenvalue weighted by atomic mass is 10.2. The van der Waals surface area contributed by atoms with Crippen molar-refractivity contribution in [3.63, 3.8) is 0 Å². The minimum absolute atomic E-state index is 0.0295. The van der Waals surface area contributed by atoms with Gasteiger partial charge in [0.2, 0.25) is 5.89 Å². The van der Waals surface area contributed by atoms with Crippen LogP contribution in [0, 0.1) is 6.92 Å². The molecule has 0 saturated heterocycles. The Kier molecular flexibility index (Phi) is 6.28. The van der Waals surface area contributed by atoms with E-state index in [0.717, 1.165) is 5.56 Å². The molecule has 0 aliphatic heterocycles. The number of hydrogen-bond donors (Lipinski definition) is 3. The number of rotatable bonds is 5. The molecule has 168 valence electrons. The van der Waals surface area contributed by atoms with Crippen LogP contribution in [0.4, 0.5) is 5.69 Å². The van der Waals surface area contributed by atoms with Gasteiger partial charge in [0.05, 0.1) is 11.7 Å². The molecule has 8 heteroatoms. The number of amides is 1. The quantitative estimate of drug-likeness (QED) is 0.341. The predicted octanol–water partition coefficient (Wildman–Crippen LogP) is 5.42. The van der Waals surface area contributed by atoms with Gasteiger partial charge in [0.25, 0.3) is 5.91 Å². The fraction of sp³-hybridized carbons (Fsp3) is 0.160. The van der Waals surface area contributed by atoms with Crippen molar-refractivity contribution >= 4 is 40.0 Å². The van der Waals surface area contributed by atoms with Gasteiger partial charge >= 0.3 is 0 Å². The molecular formula is C25H23N3O4S. The Morgan fingerprint density at radius 3 is 2.55 bits per heavy atom. The number of aryl methyl sites for hydroxylation is 1. The van der Waals surface area contributed by atoms with E-state index in [1.54, 1.807) is 36.4 Å². The van der Waals surface area contributed by atoms with E-state index in [0.29, 0.717) is 39.6 Å². The number of phenols is 1. The fourth-order valence-electron chi connectivity index (χ4n) is 3.23. The zero-order valence-electron chi connectivity index (χ0n) is 18.4. The molecule has 3 N–H and O–H groups in total. The number of thiocarbonyl (C=S) groups is 1. The summed E-state index contributed by atoms with van der Waals surface area (Å²) in [5.41, 5.74) is 3.83. The van der Waals surface area contributed by atoms with Crippen LogP contribution in [-0.2, 0) is 0 Å². The molecule has 4 rings (SSSR count). The van der Waals surface area contributed by atoms with Crippen molar-refractivity contribution in [1.29, 1.82) is 0 Å². The van der Waals surface area contributed by atoms with Gasteiger partial charge in [0.15, 0.2) is 10.7 Å². The SMILES string of the molecule is Cc1ccc2nc(-c3ccc(NC(=S)NC(=O)c4ccc(OC(C)C)cc4)cc3O)oc2c1. The number of aromatic hydroxyl groups is 1. The summed E-state index contributed by atoms with van der Waals surface area (Å²) in [6.07, 6.45) is 0.0519. The molecule has 33 heavy (non-hydrogen) atoms. The van der Waals surface area contributed by atoms with Crippen molar-refractivity contribution in [1.82, 2.24) is 10.3 Å². The van der Waals surface area contributed by atoms with E-state index in [-0.39, 0.29) is 22.9 Å². The number of ether oxygens (including phenoxy) is 1. The van der Waals surface area contributed by atoms with Gasteiger partial charge in [0.1, 0.15) is 17.0 Å². The van der Waals surface area contributed by atoms with Crippen molar-refractivity contribution in [2.24, 2.45) is 0 Å². The van der Waals surface area contributed by atoms with Crippen molar-refractivity contribution in [2.75, 3.05) is 5.32 Å². The number of nitrogens with zero attached hydrogens (tertiary/aromatic N) is 1. The first-order chi connectivity index (χ1) is 15.8. The summed E-state index contributed by atoms with van der Waals surface area (Å²) in [7, 11) is 0. The molecule has 0 aliphatic carbocycles. The topological polar surface area (TPSA) is 96.6 Å². The average Bonchev–Trinajstić information content (AvgIpc) is 3.16. The highest BCUT2D eigenvalue weighted by atomic mass is 32.1. The highest BCUT2D eigenvalue weighted by molar-refractivity contribution is 7.80. The van der Waals surface area contributed by atoms with E-state index in [9.17, 15) is 9.90 Å². The van der Waals surface area contributed by atoms with Gasteiger partial charge in [-0.2, -0.15) is 0 Å². The summed E-state index contributed by atoms with van der Waals surface area (Å²) < 4.78 is 11.4. The van der Waals surface area contributed by atoms with Crippen molar-refractivity contribution in [3.05, 3.63) is 71.8 Å². The Hall–Kier alpha value is -3.91. The average molecular weight is 462 g/mol. The summed E-state index contributed by atoms with van der Waals surface area (Å²) in [5.74, 6) is 0.622. The van der Waals surface area contributed by atoms with Crippen LogP contribution in [0.1, 0.15) is 29.8 Å². The molecule has 1 amide bonds. The molecule has 7 nitrogen and oxygen atoms in total. The van der Waals surface area contributed by atoms with E-state index in [4.69, 9.17) is 21.4 Å². The maximum atomic E-state index is 12.4. The number of aromatic nitrogens is 1. The predicted molar refractivity (Wildman–Crippen MR) is 132 cm³/mol. The monoisotopic (exact) mass is 461 g/mol. The number of fused-ring (bicyclic) bond motifs is 1. The lowest BCUT2D eigenvalue weighted by Crippen LogP contribution is -2.34. The normalized spacial score (nSPS) is 10.9. The number of nitrogens with one attached hydrogen (secondary N) is 2. The fourth-order valence-corrected chi connectivity index (χ4v) is 3.44. The number of phenolic OH excluding ortho intramolecular Hbond substituents is 1. The Labute approximate surface area is 196 Å². The molecule has 0 aliphatic rings. The molecule has 1 heterocycles. The Bertz CT molecular complexity index is 1330. The van der Waals surface area contributed by atoms with Crippen LogP contribution < -0.4 is 15.4 Å². The number of anilines is 1. The number of benzene rings is 3. The minimum atomic E-state index is -0.355. The van der Waals surface area contributed by atoms with Gasteiger partial charge in [-0.3, -0.25) is 10.1 Å². The molecule has 0 spiro atoms. The molecule has 0 atom stereocenters. The molecule has 1 aromatic heterocycles. The van der Waals surface area contributed by atoms with E-state index in [2.05, 4.69) is 15.6 Å². The molecule has 0 saturated carbocycles. The van der Waals surface area contributed by atoms with Crippen LogP contribution >= 0.6 is 12.2 Å². The second kappa shape index (κ2) is 9.30. The van der Waals surface area contributed by atoms with Crippen molar-refractivity contribution in [2.45, 2.75) is 26.9 Å². The van der Waals surface area contributed by atoms with Crippen molar-refractivity contribution < 1.29 is 19.1 Å². The van der Waals surface area contributed by atoms with E-state index in [1.807, 2.05) is 39.0 Å². The smallest absolute Gasteiger partial charge is 0.257 e. The molecule has 0 radical (unpaired) electrons. The van der Waals surface area contributed by atoms with Crippen LogP contribution in [0.5, 0.6) is 11.5 Å². The van der Waals surface area contributed by atoms with Crippen LogP contribution in [0.3, 0.4) is 0 Å². The zero-order valence-corrected chi connectivity index (χ0v) is 19.2. The van der Waals surface area contributed by atoms with Crippen molar-refractivity contribution in [3.8, 4) is 23.0 Å². The Morgan fingerprint density at radius 1 is 1.09 bits per heavy atom. The first-order valence-electron chi connectivity index (χ1n) is 10.4. The van der Waals surface area contributed by atoms with Gasteiger partial charge in [-0.05, 0) is 87.1 Å². The van der Waals surface area contributed by atoms with E-state index >= 15 is 0 Å². The molecule has 0 unspecified atom stereocenters. The minimum Gasteiger partial charge on any atom is -0.507 e. The van der Waals surface area contributed by atoms with Gasteiger partial charge in [-0.15, -0.1) is 0 Å². The van der Waals surface area contributed by atoms with Crippen LogP contribution in [-0.4, -0.2) is 27.2 Å². The third-order valence-corrected chi connectivity index (χ3v) is 4.95. The zero-order chi connectivity index (χ0) is 23.5. The highest BCUT2D eigenvalue weighted by Gasteiger charge is 2.14. The second-order valence-corrected chi connectivity index (χ2v) is 8.23. The number of carbonyl (C=O) groups excluding carboxylic acids is 1. The maximum absolute atomic E-state index is 12.4. The first-order valence-corrected chi connectivity index (χ1v) is 10.8.